The second-order valence-corrected chi connectivity index (χ2v) is 4.43. The normalized spacial score (nSPS) is 10.9. The smallest absolute Gasteiger partial charge is 0.337 e. The molecule has 0 atom stereocenters. The van der Waals surface area contributed by atoms with Crippen LogP contribution in [0.15, 0.2) is 29.4 Å². The number of carbonyl (C=O) groups is 2. The van der Waals surface area contributed by atoms with Gasteiger partial charge in [-0.05, 0) is 24.3 Å². The molecule has 0 saturated heterocycles. The van der Waals surface area contributed by atoms with E-state index in [2.05, 4.69) is 21.4 Å². The third-order valence-electron chi connectivity index (χ3n) is 2.95. The average molecular weight is 330 g/mol. The van der Waals surface area contributed by atoms with Crippen LogP contribution in [-0.4, -0.2) is 26.9 Å². The van der Waals surface area contributed by atoms with Crippen LogP contribution in [0.3, 0.4) is 0 Å². The van der Waals surface area contributed by atoms with E-state index in [-0.39, 0.29) is 22.4 Å². The molecule has 0 unspecified atom stereocenters. The highest BCUT2D eigenvalue weighted by atomic mass is 19.1. The van der Waals surface area contributed by atoms with Gasteiger partial charge in [-0.3, -0.25) is 4.79 Å². The fourth-order valence-electron chi connectivity index (χ4n) is 1.80. The Bertz CT molecular complexity index is 945. The number of carboxylic acid groups (broad SMARTS) is 1. The van der Waals surface area contributed by atoms with Crippen LogP contribution in [0.2, 0.25) is 0 Å². The summed E-state index contributed by atoms with van der Waals surface area (Å²) in [6.45, 7) is 0. The van der Waals surface area contributed by atoms with Crippen LogP contribution in [0.5, 0.6) is 0 Å². The molecule has 0 fully saturated rings. The summed E-state index contributed by atoms with van der Waals surface area (Å²) in [6.07, 6.45) is 5.13. The number of aromatic carboxylic acids is 1. The average Bonchev–Trinajstić information content (AvgIpc) is 2.55. The third-order valence-corrected chi connectivity index (χ3v) is 2.95. The molecule has 0 aliphatic heterocycles. The van der Waals surface area contributed by atoms with E-state index in [0.29, 0.717) is 0 Å². The summed E-state index contributed by atoms with van der Waals surface area (Å²) in [4.78, 5) is 24.1. The summed E-state index contributed by atoms with van der Waals surface area (Å²) < 4.78 is 13.6. The fourth-order valence-corrected chi connectivity index (χ4v) is 1.80. The Morgan fingerprint density at radius 3 is 2.67 bits per heavy atom. The van der Waals surface area contributed by atoms with E-state index in [1.54, 1.807) is 0 Å². The van der Waals surface area contributed by atoms with E-state index < -0.39 is 23.3 Å². The Labute approximate surface area is 134 Å². The molecule has 9 nitrogen and oxygen atoms in total. The summed E-state index contributed by atoms with van der Waals surface area (Å²) in [7, 11) is 0. The number of amides is 1. The van der Waals surface area contributed by atoms with Gasteiger partial charge in [0.05, 0.1) is 16.8 Å². The minimum Gasteiger partial charge on any atom is -0.478 e. The molecule has 0 aliphatic carbocycles. The van der Waals surface area contributed by atoms with E-state index in [0.717, 1.165) is 16.9 Å². The van der Waals surface area contributed by atoms with Crippen LogP contribution in [0.1, 0.15) is 26.4 Å². The predicted octanol–water partition coefficient (Wildman–Crippen LogP) is -0.558. The Kier molecular flexibility index (Phi) is 4.46. The van der Waals surface area contributed by atoms with Gasteiger partial charge in [-0.2, -0.15) is 9.89 Å². The van der Waals surface area contributed by atoms with Crippen molar-refractivity contribution in [3.05, 3.63) is 52.4 Å². The maximum atomic E-state index is 13.6. The molecule has 1 aromatic carbocycles. The molecule has 2 aromatic rings. The first kappa shape index (κ1) is 16.5. The first-order valence-corrected chi connectivity index (χ1v) is 6.31. The molecular formula is C14H11FN6O3. The largest absolute Gasteiger partial charge is 0.478 e. The van der Waals surface area contributed by atoms with Crippen LogP contribution in [0.4, 0.5) is 10.1 Å². The highest BCUT2D eigenvalue weighted by Gasteiger charge is 2.18. The number of carboxylic acids is 1. The summed E-state index contributed by atoms with van der Waals surface area (Å²) >= 11 is 0. The lowest BCUT2D eigenvalue weighted by Gasteiger charge is -2.10. The number of hydrogen-bond donors (Lipinski definition) is 4. The molecule has 0 saturated carbocycles. The minimum atomic E-state index is -1.44. The van der Waals surface area contributed by atoms with Crippen LogP contribution < -0.4 is 22.5 Å². The van der Waals surface area contributed by atoms with Gasteiger partial charge in [0.2, 0.25) is 0 Å². The van der Waals surface area contributed by atoms with Crippen molar-refractivity contribution < 1.29 is 19.1 Å². The van der Waals surface area contributed by atoms with Gasteiger partial charge >= 0.3 is 5.97 Å². The van der Waals surface area contributed by atoms with Crippen LogP contribution >= 0.6 is 0 Å². The van der Waals surface area contributed by atoms with Gasteiger partial charge in [0.25, 0.3) is 5.91 Å². The molecule has 1 aromatic heterocycles. The molecule has 122 valence electrons. The monoisotopic (exact) mass is 330 g/mol. The molecule has 0 radical (unpaired) electrons. The second kappa shape index (κ2) is 6.49. The van der Waals surface area contributed by atoms with Crippen molar-refractivity contribution in [3.8, 4) is 12.3 Å². The number of halogens is 1. The standard InChI is InChI=1S/C14H11FN6O3/c1-2-7-5-11(8(14(23)24)6-9(7)15)18-13(22)10-3-4-12(19-16)21(17)20-10/h1,3-6H,16-17H2,(H,18,22)(H,23,24)/b19-12-. The number of nitrogens with one attached hydrogen (secondary N) is 1. The zero-order chi connectivity index (χ0) is 17.9. The van der Waals surface area contributed by atoms with Gasteiger partial charge in [-0.25, -0.2) is 9.18 Å². The summed E-state index contributed by atoms with van der Waals surface area (Å²) in [5, 5.41) is 18.5. The highest BCUT2D eigenvalue weighted by Crippen LogP contribution is 2.21. The fraction of sp³-hybridized carbons (Fsp3) is 0. The van der Waals surface area contributed by atoms with Crippen molar-refractivity contribution in [1.82, 2.24) is 9.89 Å². The quantitative estimate of drug-likeness (QED) is 0.337. The predicted molar refractivity (Wildman–Crippen MR) is 81.4 cm³/mol. The maximum Gasteiger partial charge on any atom is 0.337 e. The Morgan fingerprint density at radius 1 is 1.42 bits per heavy atom. The highest BCUT2D eigenvalue weighted by molar-refractivity contribution is 6.06. The molecule has 2 rings (SSSR count). The SMILES string of the molecule is C#Cc1cc(NC(=O)c2cc/c(=N/N)n(N)n2)c(C(=O)O)cc1F. The van der Waals surface area contributed by atoms with E-state index in [1.165, 1.54) is 12.1 Å². The molecule has 24 heavy (non-hydrogen) atoms. The number of hydrogen-bond acceptors (Lipinski definition) is 6. The molecule has 0 aliphatic rings. The third kappa shape index (κ3) is 3.14. The van der Waals surface area contributed by atoms with Crippen molar-refractivity contribution in [2.45, 2.75) is 0 Å². The number of anilines is 1. The van der Waals surface area contributed by atoms with Crippen molar-refractivity contribution in [2.75, 3.05) is 11.2 Å². The lowest BCUT2D eigenvalue weighted by Crippen LogP contribution is -2.33. The van der Waals surface area contributed by atoms with Gasteiger partial charge in [0.15, 0.2) is 11.2 Å². The minimum absolute atomic E-state index is 0.106. The van der Waals surface area contributed by atoms with E-state index in [4.69, 9.17) is 23.2 Å². The topological polar surface area (TPSA) is 149 Å². The number of terminal acetylenes is 1. The van der Waals surface area contributed by atoms with E-state index in [1.807, 2.05) is 0 Å². The number of aromatic nitrogens is 2. The maximum absolute atomic E-state index is 13.6. The van der Waals surface area contributed by atoms with Gasteiger partial charge in [0.1, 0.15) is 5.82 Å². The van der Waals surface area contributed by atoms with E-state index >= 15 is 0 Å². The Hall–Kier alpha value is -3.87. The molecular weight excluding hydrogens is 319 g/mol. The first-order valence-electron chi connectivity index (χ1n) is 6.31. The molecule has 6 N–H and O–H groups in total. The van der Waals surface area contributed by atoms with Gasteiger partial charge in [0, 0.05) is 0 Å². The zero-order valence-corrected chi connectivity index (χ0v) is 12.0. The first-order chi connectivity index (χ1) is 11.4. The van der Waals surface area contributed by atoms with Gasteiger partial charge in [-0.15, -0.1) is 11.5 Å². The molecule has 1 amide bonds. The Balaban J connectivity index is 2.43. The molecule has 0 spiro atoms. The molecule has 1 heterocycles. The number of nitrogen functional groups attached to an aromatic ring is 1. The summed E-state index contributed by atoms with van der Waals surface area (Å²) in [6, 6.07) is 4.37. The zero-order valence-electron chi connectivity index (χ0n) is 12.0. The number of nitrogens with zero attached hydrogens (tertiary/aromatic N) is 3. The van der Waals surface area contributed by atoms with Crippen LogP contribution in [-0.2, 0) is 0 Å². The summed E-state index contributed by atoms with van der Waals surface area (Å²) in [5.41, 5.74) is -0.884. The van der Waals surface area contributed by atoms with E-state index in [9.17, 15) is 14.0 Å². The second-order valence-electron chi connectivity index (χ2n) is 4.43. The summed E-state index contributed by atoms with van der Waals surface area (Å²) in [5.74, 6) is 9.50. The molecule has 0 bridgehead atoms. The Morgan fingerprint density at radius 2 is 2.12 bits per heavy atom. The van der Waals surface area contributed by atoms with Gasteiger partial charge < -0.3 is 22.1 Å². The number of carbonyl (C=O) groups excluding carboxylic acids is 1. The van der Waals surface area contributed by atoms with Crippen molar-refractivity contribution in [1.29, 1.82) is 0 Å². The van der Waals surface area contributed by atoms with Crippen LogP contribution in [0.25, 0.3) is 0 Å². The number of nitrogens with two attached hydrogens (primary N) is 2. The lowest BCUT2D eigenvalue weighted by atomic mass is 10.1. The molecule has 10 heteroatoms. The number of rotatable bonds is 3. The van der Waals surface area contributed by atoms with Crippen LogP contribution in [0, 0.1) is 18.2 Å². The lowest BCUT2D eigenvalue weighted by molar-refractivity contribution is 0.0697. The number of benzene rings is 1. The van der Waals surface area contributed by atoms with Gasteiger partial charge in [-0.1, -0.05) is 5.92 Å². The van der Waals surface area contributed by atoms with Crippen molar-refractivity contribution in [2.24, 2.45) is 10.9 Å². The van der Waals surface area contributed by atoms with Crippen molar-refractivity contribution in [3.63, 3.8) is 0 Å². The van der Waals surface area contributed by atoms with Crippen molar-refractivity contribution >= 4 is 17.6 Å².